The van der Waals surface area contributed by atoms with Crippen molar-refractivity contribution in [2.75, 3.05) is 6.54 Å². The predicted octanol–water partition coefficient (Wildman–Crippen LogP) is 3.64. The number of pyridine rings is 1. The fourth-order valence-electron chi connectivity index (χ4n) is 2.67. The van der Waals surface area contributed by atoms with Crippen LogP contribution in [0, 0.1) is 0 Å². The normalized spacial score (nSPS) is 10.3. The first-order chi connectivity index (χ1) is 13.6. The summed E-state index contributed by atoms with van der Waals surface area (Å²) < 4.78 is 0. The Kier molecular flexibility index (Phi) is 6.76. The zero-order valence-corrected chi connectivity index (χ0v) is 15.9. The molecule has 3 rings (SSSR count). The summed E-state index contributed by atoms with van der Waals surface area (Å²) in [5.74, 6) is -0.600. The molecule has 1 heterocycles. The molecule has 0 bridgehead atoms. The summed E-state index contributed by atoms with van der Waals surface area (Å²) >= 11 is 6.09. The van der Waals surface area contributed by atoms with Gasteiger partial charge in [0.2, 0.25) is 0 Å². The predicted molar refractivity (Wildman–Crippen MR) is 109 cm³/mol. The molecule has 0 saturated heterocycles. The summed E-state index contributed by atoms with van der Waals surface area (Å²) in [6.07, 6.45) is 2.19. The average Bonchev–Trinajstić information content (AvgIpc) is 2.74. The maximum Gasteiger partial charge on any atom is 0.270 e. The van der Waals surface area contributed by atoms with E-state index in [2.05, 4.69) is 15.6 Å². The van der Waals surface area contributed by atoms with E-state index < -0.39 is 0 Å². The maximum absolute atomic E-state index is 12.4. The standard InChI is InChI=1S/C22H20ClN3O2/c23-19-9-5-4-8-18(19)15-26-22(28)20-14-17(11-13-24-20)21(27)25-12-10-16-6-2-1-3-7-16/h1-9,11,13-14H,10,12,15H2,(H,25,27)(H,26,28). The molecular formula is C22H20ClN3O2. The number of amides is 2. The number of halogens is 1. The van der Waals surface area contributed by atoms with Crippen molar-refractivity contribution in [1.82, 2.24) is 15.6 Å². The second-order valence-electron chi connectivity index (χ2n) is 6.20. The van der Waals surface area contributed by atoms with Gasteiger partial charge in [-0.05, 0) is 35.7 Å². The highest BCUT2D eigenvalue weighted by atomic mass is 35.5. The third-order valence-electron chi connectivity index (χ3n) is 4.19. The van der Waals surface area contributed by atoms with Gasteiger partial charge in [-0.1, -0.05) is 60.1 Å². The first-order valence-corrected chi connectivity index (χ1v) is 9.31. The van der Waals surface area contributed by atoms with Crippen molar-refractivity contribution in [3.63, 3.8) is 0 Å². The van der Waals surface area contributed by atoms with Crippen LogP contribution < -0.4 is 10.6 Å². The van der Waals surface area contributed by atoms with Crippen LogP contribution in [0.5, 0.6) is 0 Å². The lowest BCUT2D eigenvalue weighted by Gasteiger charge is -2.08. The number of nitrogens with zero attached hydrogens (tertiary/aromatic N) is 1. The Hall–Kier alpha value is -3.18. The number of carbonyl (C=O) groups is 2. The Labute approximate surface area is 168 Å². The largest absolute Gasteiger partial charge is 0.352 e. The van der Waals surface area contributed by atoms with Crippen LogP contribution in [0.4, 0.5) is 0 Å². The Morgan fingerprint density at radius 3 is 2.43 bits per heavy atom. The van der Waals surface area contributed by atoms with Crippen molar-refractivity contribution < 1.29 is 9.59 Å². The summed E-state index contributed by atoms with van der Waals surface area (Å²) in [5.41, 5.74) is 2.54. The van der Waals surface area contributed by atoms with Gasteiger partial charge in [0, 0.05) is 29.9 Å². The molecule has 2 N–H and O–H groups in total. The van der Waals surface area contributed by atoms with Gasteiger partial charge in [0.05, 0.1) is 0 Å². The van der Waals surface area contributed by atoms with Crippen LogP contribution in [0.1, 0.15) is 32.0 Å². The molecule has 0 radical (unpaired) electrons. The van der Waals surface area contributed by atoms with E-state index in [9.17, 15) is 9.59 Å². The van der Waals surface area contributed by atoms with Crippen LogP contribution in [0.15, 0.2) is 72.9 Å². The fourth-order valence-corrected chi connectivity index (χ4v) is 2.87. The SMILES string of the molecule is O=C(NCCc1ccccc1)c1ccnc(C(=O)NCc2ccccc2Cl)c1. The number of aromatic nitrogens is 1. The lowest BCUT2D eigenvalue weighted by molar-refractivity contribution is 0.0946. The van der Waals surface area contributed by atoms with Crippen molar-refractivity contribution >= 4 is 23.4 Å². The first-order valence-electron chi connectivity index (χ1n) is 8.93. The van der Waals surface area contributed by atoms with Crippen LogP contribution >= 0.6 is 11.6 Å². The molecule has 2 amide bonds. The molecule has 5 nitrogen and oxygen atoms in total. The van der Waals surface area contributed by atoms with Gasteiger partial charge in [-0.3, -0.25) is 14.6 Å². The second kappa shape index (κ2) is 9.67. The molecule has 0 aliphatic rings. The topological polar surface area (TPSA) is 71.1 Å². The van der Waals surface area contributed by atoms with Gasteiger partial charge in [-0.15, -0.1) is 0 Å². The third-order valence-corrected chi connectivity index (χ3v) is 4.56. The summed E-state index contributed by atoms with van der Waals surface area (Å²) in [7, 11) is 0. The van der Waals surface area contributed by atoms with Gasteiger partial charge in [-0.2, -0.15) is 0 Å². The van der Waals surface area contributed by atoms with E-state index in [1.54, 1.807) is 12.1 Å². The van der Waals surface area contributed by atoms with E-state index in [1.807, 2.05) is 48.5 Å². The smallest absolute Gasteiger partial charge is 0.270 e. The van der Waals surface area contributed by atoms with Crippen LogP contribution in [-0.2, 0) is 13.0 Å². The third kappa shape index (κ3) is 5.41. The number of benzene rings is 2. The molecule has 0 aliphatic carbocycles. The van der Waals surface area contributed by atoms with Crippen molar-refractivity contribution in [1.29, 1.82) is 0 Å². The average molecular weight is 394 g/mol. The first kappa shape index (κ1) is 19.6. The van der Waals surface area contributed by atoms with E-state index in [0.29, 0.717) is 17.1 Å². The molecule has 0 atom stereocenters. The van der Waals surface area contributed by atoms with Gasteiger partial charge in [0.25, 0.3) is 11.8 Å². The van der Waals surface area contributed by atoms with Crippen molar-refractivity contribution in [3.8, 4) is 0 Å². The monoisotopic (exact) mass is 393 g/mol. The van der Waals surface area contributed by atoms with Gasteiger partial charge in [0.1, 0.15) is 5.69 Å². The fraction of sp³-hybridized carbons (Fsp3) is 0.136. The zero-order valence-electron chi connectivity index (χ0n) is 15.2. The quantitative estimate of drug-likeness (QED) is 0.643. The Morgan fingerprint density at radius 1 is 0.893 bits per heavy atom. The molecule has 28 heavy (non-hydrogen) atoms. The summed E-state index contributed by atoms with van der Waals surface area (Å²) in [4.78, 5) is 28.8. The molecule has 0 spiro atoms. The van der Waals surface area contributed by atoms with E-state index in [-0.39, 0.29) is 24.1 Å². The molecule has 0 fully saturated rings. The lowest BCUT2D eigenvalue weighted by atomic mass is 10.1. The van der Waals surface area contributed by atoms with Gasteiger partial charge < -0.3 is 10.6 Å². The molecular weight excluding hydrogens is 374 g/mol. The number of hydrogen-bond donors (Lipinski definition) is 2. The summed E-state index contributed by atoms with van der Waals surface area (Å²) in [6.45, 7) is 0.799. The number of nitrogens with one attached hydrogen (secondary N) is 2. The molecule has 142 valence electrons. The van der Waals surface area contributed by atoms with Crippen LogP contribution in [-0.4, -0.2) is 23.3 Å². The van der Waals surface area contributed by atoms with Crippen molar-refractivity contribution in [2.45, 2.75) is 13.0 Å². The highest BCUT2D eigenvalue weighted by molar-refractivity contribution is 6.31. The number of carbonyl (C=O) groups excluding carboxylic acids is 2. The van der Waals surface area contributed by atoms with Gasteiger partial charge in [0.15, 0.2) is 0 Å². The maximum atomic E-state index is 12.4. The second-order valence-corrected chi connectivity index (χ2v) is 6.60. The number of rotatable bonds is 7. The Bertz CT molecular complexity index is 961. The highest BCUT2D eigenvalue weighted by Gasteiger charge is 2.12. The van der Waals surface area contributed by atoms with Crippen LogP contribution in [0.25, 0.3) is 0 Å². The van der Waals surface area contributed by atoms with E-state index in [4.69, 9.17) is 11.6 Å². The molecule has 6 heteroatoms. The molecule has 2 aromatic carbocycles. The highest BCUT2D eigenvalue weighted by Crippen LogP contribution is 2.14. The molecule has 0 unspecified atom stereocenters. The van der Waals surface area contributed by atoms with Gasteiger partial charge >= 0.3 is 0 Å². The minimum Gasteiger partial charge on any atom is -0.352 e. The summed E-state index contributed by atoms with van der Waals surface area (Å²) in [6, 6.07) is 20.3. The molecule has 3 aromatic rings. The van der Waals surface area contributed by atoms with Gasteiger partial charge in [-0.25, -0.2) is 0 Å². The Balaban J connectivity index is 1.55. The lowest BCUT2D eigenvalue weighted by Crippen LogP contribution is -2.27. The van der Waals surface area contributed by atoms with E-state index in [0.717, 1.165) is 17.5 Å². The van der Waals surface area contributed by atoms with Crippen molar-refractivity contribution in [3.05, 3.63) is 100 Å². The minimum atomic E-state index is -0.362. The zero-order chi connectivity index (χ0) is 19.8. The molecule has 0 saturated carbocycles. The molecule has 0 aliphatic heterocycles. The van der Waals surface area contributed by atoms with Crippen LogP contribution in [0.2, 0.25) is 5.02 Å². The molecule has 1 aromatic heterocycles. The van der Waals surface area contributed by atoms with Crippen molar-refractivity contribution in [2.24, 2.45) is 0 Å². The van der Waals surface area contributed by atoms with E-state index in [1.165, 1.54) is 12.3 Å². The Morgan fingerprint density at radius 2 is 1.64 bits per heavy atom. The summed E-state index contributed by atoms with van der Waals surface area (Å²) in [5, 5.41) is 6.22. The number of hydrogen-bond acceptors (Lipinski definition) is 3. The van der Waals surface area contributed by atoms with Crippen LogP contribution in [0.3, 0.4) is 0 Å². The minimum absolute atomic E-state index is 0.183. The van der Waals surface area contributed by atoms with E-state index >= 15 is 0 Å².